The van der Waals surface area contributed by atoms with Crippen molar-refractivity contribution in [3.8, 4) is 0 Å². The van der Waals surface area contributed by atoms with E-state index < -0.39 is 0 Å². The first-order chi connectivity index (χ1) is 21.0. The largest absolute Gasteiger partial charge is 0.423 e. The molecule has 1 saturated heterocycles. The van der Waals surface area contributed by atoms with Crippen molar-refractivity contribution in [2.24, 2.45) is 16.7 Å². The summed E-state index contributed by atoms with van der Waals surface area (Å²) in [5.74, 6) is 0.648. The van der Waals surface area contributed by atoms with Crippen LogP contribution in [0.4, 0.5) is 0 Å². The lowest BCUT2D eigenvalue weighted by atomic mass is 9.63. The van der Waals surface area contributed by atoms with E-state index in [2.05, 4.69) is 91.8 Å². The van der Waals surface area contributed by atoms with E-state index in [4.69, 9.17) is 9.47 Å². The molecule has 4 rings (SSSR count). The molecule has 0 amide bonds. The first kappa shape index (κ1) is 34.9. The molecule has 244 valence electrons. The Morgan fingerprint density at radius 3 is 2.22 bits per heavy atom. The predicted octanol–water partition coefficient (Wildman–Crippen LogP) is 8.70. The van der Waals surface area contributed by atoms with Gasteiger partial charge in [-0.1, -0.05) is 99.1 Å². The van der Waals surface area contributed by atoms with Gasteiger partial charge in [0.05, 0.1) is 12.2 Å². The monoisotopic (exact) mass is 614 g/mol. The fraction of sp³-hybridized carbons (Fsp3) is 0.525. The highest BCUT2D eigenvalue weighted by Gasteiger charge is 2.74. The van der Waals surface area contributed by atoms with Crippen LogP contribution in [-0.4, -0.2) is 39.6 Å². The molecular weight excluding hydrogens is 560 g/mol. The number of epoxide rings is 1. The van der Waals surface area contributed by atoms with Gasteiger partial charge in [0.25, 0.3) is 0 Å². The van der Waals surface area contributed by atoms with Gasteiger partial charge in [-0.2, -0.15) is 0 Å². The molecule has 0 unspecified atom stereocenters. The second-order valence-electron chi connectivity index (χ2n) is 15.2. The van der Waals surface area contributed by atoms with Crippen LogP contribution in [0, 0.1) is 16.7 Å². The van der Waals surface area contributed by atoms with Crippen molar-refractivity contribution in [2.45, 2.75) is 118 Å². The summed E-state index contributed by atoms with van der Waals surface area (Å²) in [6.45, 7) is 19.1. The van der Waals surface area contributed by atoms with Crippen molar-refractivity contribution >= 4 is 5.97 Å². The van der Waals surface area contributed by atoms with Crippen LogP contribution in [-0.2, 0) is 14.3 Å². The Balaban J connectivity index is 1.28. The second kappa shape index (κ2) is 13.4. The number of esters is 1. The van der Waals surface area contributed by atoms with Crippen molar-refractivity contribution in [3.63, 3.8) is 0 Å². The topological polar surface area (TPSA) is 79.3 Å². The second-order valence-corrected chi connectivity index (χ2v) is 15.2. The molecule has 0 spiro atoms. The van der Waals surface area contributed by atoms with Gasteiger partial charge >= 0.3 is 5.97 Å². The average molecular weight is 615 g/mol. The molecule has 4 aliphatic rings. The van der Waals surface area contributed by atoms with Crippen LogP contribution in [0.25, 0.3) is 0 Å². The van der Waals surface area contributed by atoms with Gasteiger partial charge in [0.1, 0.15) is 17.0 Å². The zero-order valence-corrected chi connectivity index (χ0v) is 28.8. The molecule has 5 atom stereocenters. The Kier molecular flexibility index (Phi) is 10.4. The number of carbonyl (C=O) groups is 1. The number of allylic oxidation sites excluding steroid dienone is 14. The fourth-order valence-electron chi connectivity index (χ4n) is 7.85. The number of cyclic esters (lactones) is 1. The lowest BCUT2D eigenvalue weighted by Crippen LogP contribution is -2.46. The zero-order chi connectivity index (χ0) is 33.2. The minimum absolute atomic E-state index is 0.00569. The number of carbonyl (C=O) groups excluding carboxylic acids is 1. The van der Waals surface area contributed by atoms with E-state index in [0.717, 1.165) is 36.0 Å². The highest BCUT2D eigenvalue weighted by molar-refractivity contribution is 5.92. The molecule has 2 aliphatic carbocycles. The molecule has 2 heterocycles. The van der Waals surface area contributed by atoms with E-state index >= 15 is 0 Å². The molecule has 5 nitrogen and oxygen atoms in total. The Hall–Kier alpha value is -2.99. The number of rotatable bonds is 10. The summed E-state index contributed by atoms with van der Waals surface area (Å²) in [4.78, 5) is 12.5. The molecule has 0 aromatic rings. The summed E-state index contributed by atoms with van der Waals surface area (Å²) in [7, 11) is 0. The molecule has 0 radical (unpaired) electrons. The summed E-state index contributed by atoms with van der Waals surface area (Å²) < 4.78 is 11.8. The molecule has 2 aliphatic heterocycles. The molecule has 2 N–H and O–H groups in total. The molecule has 1 saturated carbocycles. The normalized spacial score (nSPS) is 34.5. The SMILES string of the molecule is CC(C=CC=C(C)C=C[C@@]12O[C@]1(C)C[C@@H](O)CC2(C)C)=CC=CC=C(C)C=C1C=C(CC[C@H]2C(C)=C[C@H](O)CC2(C)C)C(=O)O1. The molecule has 2 fully saturated rings. The Morgan fingerprint density at radius 1 is 0.911 bits per heavy atom. The number of aliphatic hydroxyl groups is 2. The van der Waals surface area contributed by atoms with Crippen LogP contribution in [0.3, 0.4) is 0 Å². The molecule has 0 aromatic carbocycles. The van der Waals surface area contributed by atoms with Crippen molar-refractivity contribution in [1.82, 2.24) is 0 Å². The van der Waals surface area contributed by atoms with Gasteiger partial charge in [-0.15, -0.1) is 0 Å². The third kappa shape index (κ3) is 8.06. The summed E-state index contributed by atoms with van der Waals surface area (Å²) in [6.07, 6.45) is 27.3. The van der Waals surface area contributed by atoms with Crippen LogP contribution < -0.4 is 0 Å². The highest BCUT2D eigenvalue weighted by atomic mass is 16.6. The van der Waals surface area contributed by atoms with Crippen molar-refractivity contribution in [1.29, 1.82) is 0 Å². The van der Waals surface area contributed by atoms with Crippen LogP contribution in [0.15, 0.2) is 107 Å². The third-order valence-electron chi connectivity index (χ3n) is 10.2. The highest BCUT2D eigenvalue weighted by Crippen LogP contribution is 2.66. The quantitative estimate of drug-likeness (QED) is 0.111. The van der Waals surface area contributed by atoms with Gasteiger partial charge < -0.3 is 19.7 Å². The number of hydrogen-bond donors (Lipinski definition) is 2. The lowest BCUT2D eigenvalue weighted by molar-refractivity contribution is -0.133. The van der Waals surface area contributed by atoms with E-state index in [0.29, 0.717) is 30.1 Å². The average Bonchev–Trinajstić information content (AvgIpc) is 3.38. The molecule has 0 aromatic heterocycles. The minimum Gasteiger partial charge on any atom is -0.423 e. The first-order valence-corrected chi connectivity index (χ1v) is 16.4. The number of aliphatic hydroxyl groups excluding tert-OH is 2. The standard InChI is InChI=1S/C40H54O5/c1-27(15-12-16-28(2)19-20-40-38(7,8)25-33(42)26-39(40,9)45-40)13-10-11-14-29(3)21-34-23-31(36(43)44-34)17-18-35-30(4)22-32(41)24-37(35,5)6/h10-16,19-23,32-33,35,41-42H,17-18,24-26H2,1-9H3/t32-,33-,35-,39+,40-/m0/s1. The van der Waals surface area contributed by atoms with E-state index in [9.17, 15) is 15.0 Å². The van der Waals surface area contributed by atoms with Gasteiger partial charge in [0, 0.05) is 17.4 Å². The fourth-order valence-corrected chi connectivity index (χ4v) is 7.85. The summed E-state index contributed by atoms with van der Waals surface area (Å²) in [6, 6.07) is 0. The van der Waals surface area contributed by atoms with Crippen molar-refractivity contribution < 1.29 is 24.5 Å². The predicted molar refractivity (Wildman–Crippen MR) is 183 cm³/mol. The summed E-state index contributed by atoms with van der Waals surface area (Å²) in [5.41, 5.74) is 4.46. The van der Waals surface area contributed by atoms with Gasteiger partial charge in [-0.3, -0.25) is 0 Å². The van der Waals surface area contributed by atoms with E-state index in [1.807, 2.05) is 43.4 Å². The van der Waals surface area contributed by atoms with Crippen molar-refractivity contribution in [3.05, 3.63) is 107 Å². The van der Waals surface area contributed by atoms with Crippen LogP contribution in [0.5, 0.6) is 0 Å². The van der Waals surface area contributed by atoms with E-state index in [1.54, 1.807) is 0 Å². The van der Waals surface area contributed by atoms with Crippen LogP contribution in [0.1, 0.15) is 94.4 Å². The summed E-state index contributed by atoms with van der Waals surface area (Å²) >= 11 is 0. The van der Waals surface area contributed by atoms with Gasteiger partial charge in [-0.05, 0) is 95.4 Å². The zero-order valence-electron chi connectivity index (χ0n) is 28.8. The third-order valence-corrected chi connectivity index (χ3v) is 10.2. The number of fused-ring (bicyclic) bond motifs is 1. The Morgan fingerprint density at radius 2 is 1.56 bits per heavy atom. The van der Waals surface area contributed by atoms with E-state index in [1.165, 1.54) is 5.57 Å². The Bertz CT molecular complexity index is 1440. The van der Waals surface area contributed by atoms with E-state index in [-0.39, 0.29) is 40.2 Å². The molecule has 5 heteroatoms. The van der Waals surface area contributed by atoms with Gasteiger partial charge in [0.15, 0.2) is 0 Å². The van der Waals surface area contributed by atoms with Gasteiger partial charge in [0.2, 0.25) is 0 Å². The number of ether oxygens (including phenoxy) is 2. The van der Waals surface area contributed by atoms with Gasteiger partial charge in [-0.25, -0.2) is 4.79 Å². The summed E-state index contributed by atoms with van der Waals surface area (Å²) in [5, 5.41) is 20.4. The van der Waals surface area contributed by atoms with Crippen LogP contribution >= 0.6 is 0 Å². The molecule has 45 heavy (non-hydrogen) atoms. The smallest absolute Gasteiger partial charge is 0.339 e. The maximum Gasteiger partial charge on any atom is 0.339 e. The molecule has 0 bridgehead atoms. The number of hydrogen-bond acceptors (Lipinski definition) is 5. The maximum atomic E-state index is 12.5. The Labute approximate surface area is 271 Å². The molecular formula is C40H54O5. The van der Waals surface area contributed by atoms with Crippen molar-refractivity contribution in [2.75, 3.05) is 0 Å². The lowest BCUT2D eigenvalue weighted by Gasteiger charge is -2.40. The van der Waals surface area contributed by atoms with Crippen LogP contribution in [0.2, 0.25) is 0 Å². The maximum absolute atomic E-state index is 12.5. The first-order valence-electron chi connectivity index (χ1n) is 16.4. The minimum atomic E-state index is -0.386.